The number of ether oxygens (including phenoxy) is 3. The number of allylic oxidation sites excluding steroid dienone is 8. The zero-order valence-corrected chi connectivity index (χ0v) is 40.4. The highest BCUT2D eigenvalue weighted by atomic mass is 16.6. The van der Waals surface area contributed by atoms with Gasteiger partial charge < -0.3 is 14.2 Å². The lowest BCUT2D eigenvalue weighted by atomic mass is 10.0. The van der Waals surface area contributed by atoms with Crippen molar-refractivity contribution in [2.24, 2.45) is 0 Å². The molecule has 1 atom stereocenters. The minimum absolute atomic E-state index is 0.0812. The molecule has 0 bridgehead atoms. The molecule has 0 rings (SSSR count). The molecule has 0 aliphatic heterocycles. The highest BCUT2D eigenvalue weighted by Crippen LogP contribution is 2.16. The SMILES string of the molecule is CCC/C=C\C/C=C\CCCCCCCC(=O)OCC(COC(=O)CCCCCCCCCCCCCCCCCCC)OC(=O)CCCCCCC/C=C\C/C=C\CCC. The van der Waals surface area contributed by atoms with Gasteiger partial charge in [-0.2, -0.15) is 0 Å². The molecule has 0 aliphatic carbocycles. The number of rotatable bonds is 47. The van der Waals surface area contributed by atoms with E-state index in [0.717, 1.165) is 116 Å². The van der Waals surface area contributed by atoms with E-state index < -0.39 is 6.10 Å². The summed E-state index contributed by atoms with van der Waals surface area (Å²) in [5, 5.41) is 0. The number of carbonyl (C=O) groups excluding carboxylic acids is 3. The lowest BCUT2D eigenvalue weighted by Gasteiger charge is -2.18. The molecule has 0 fully saturated rings. The molecular formula is C55H98O6. The largest absolute Gasteiger partial charge is 0.462 e. The maximum atomic E-state index is 12.8. The van der Waals surface area contributed by atoms with Gasteiger partial charge in [-0.1, -0.05) is 223 Å². The summed E-state index contributed by atoms with van der Waals surface area (Å²) in [7, 11) is 0. The first-order chi connectivity index (χ1) is 30.0. The first-order valence-electron chi connectivity index (χ1n) is 26.1. The zero-order chi connectivity index (χ0) is 44.4. The van der Waals surface area contributed by atoms with Gasteiger partial charge in [0, 0.05) is 19.3 Å². The summed E-state index contributed by atoms with van der Waals surface area (Å²) in [6, 6.07) is 0. The molecule has 0 aromatic carbocycles. The molecule has 0 amide bonds. The van der Waals surface area contributed by atoms with E-state index in [1.54, 1.807) is 0 Å². The highest BCUT2D eigenvalue weighted by Gasteiger charge is 2.19. The Labute approximate surface area is 378 Å². The van der Waals surface area contributed by atoms with Gasteiger partial charge in [-0.15, -0.1) is 0 Å². The highest BCUT2D eigenvalue weighted by molar-refractivity contribution is 5.71. The lowest BCUT2D eigenvalue weighted by Crippen LogP contribution is -2.30. The van der Waals surface area contributed by atoms with E-state index in [1.807, 2.05) is 0 Å². The third-order valence-corrected chi connectivity index (χ3v) is 11.3. The maximum Gasteiger partial charge on any atom is 0.306 e. The summed E-state index contributed by atoms with van der Waals surface area (Å²) in [5.41, 5.74) is 0. The van der Waals surface area contributed by atoms with E-state index in [1.165, 1.54) is 109 Å². The Morgan fingerprint density at radius 3 is 0.967 bits per heavy atom. The summed E-state index contributed by atoms with van der Waals surface area (Å²) in [5.74, 6) is -0.902. The first-order valence-corrected chi connectivity index (χ1v) is 26.1. The molecule has 0 saturated carbocycles. The molecule has 0 aliphatic rings. The van der Waals surface area contributed by atoms with E-state index in [9.17, 15) is 14.4 Å². The quantitative estimate of drug-likeness (QED) is 0.0263. The van der Waals surface area contributed by atoms with Crippen LogP contribution in [-0.2, 0) is 28.6 Å². The van der Waals surface area contributed by atoms with Gasteiger partial charge >= 0.3 is 17.9 Å². The third-order valence-electron chi connectivity index (χ3n) is 11.3. The Morgan fingerprint density at radius 2 is 0.623 bits per heavy atom. The molecule has 0 spiro atoms. The summed E-state index contributed by atoms with van der Waals surface area (Å²) in [6.07, 6.45) is 59.5. The summed E-state index contributed by atoms with van der Waals surface area (Å²) < 4.78 is 16.8. The molecule has 61 heavy (non-hydrogen) atoms. The second kappa shape index (κ2) is 50.0. The van der Waals surface area contributed by atoms with Crippen molar-refractivity contribution in [2.75, 3.05) is 13.2 Å². The van der Waals surface area contributed by atoms with Crippen molar-refractivity contribution >= 4 is 17.9 Å². The van der Waals surface area contributed by atoms with Gasteiger partial charge in [-0.05, 0) is 70.6 Å². The minimum Gasteiger partial charge on any atom is -0.462 e. The standard InChI is InChI=1S/C55H98O6/c1-4-7-10-13-16-19-22-25-26-27-28-31-33-36-39-42-45-48-54(57)60-51-52(61-55(58)49-46-43-40-37-34-30-24-21-18-15-12-9-6-3)50-59-53(56)47-44-41-38-35-32-29-23-20-17-14-11-8-5-2/h11-12,14-15,20-21,23-24,52H,4-10,13,16-19,22,25-51H2,1-3H3/b14-11-,15-12-,23-20-,24-21-. The summed E-state index contributed by atoms with van der Waals surface area (Å²) in [4.78, 5) is 38.0. The van der Waals surface area contributed by atoms with Crippen molar-refractivity contribution in [1.82, 2.24) is 0 Å². The smallest absolute Gasteiger partial charge is 0.306 e. The summed E-state index contributed by atoms with van der Waals surface area (Å²) in [6.45, 7) is 6.50. The lowest BCUT2D eigenvalue weighted by molar-refractivity contribution is -0.167. The Hall–Kier alpha value is -2.63. The van der Waals surface area contributed by atoms with Crippen molar-refractivity contribution in [2.45, 2.75) is 271 Å². The molecule has 6 nitrogen and oxygen atoms in total. The van der Waals surface area contributed by atoms with Crippen LogP contribution >= 0.6 is 0 Å². The molecule has 354 valence electrons. The van der Waals surface area contributed by atoms with Crippen molar-refractivity contribution in [3.05, 3.63) is 48.6 Å². The van der Waals surface area contributed by atoms with Crippen LogP contribution in [-0.4, -0.2) is 37.2 Å². The van der Waals surface area contributed by atoms with Crippen LogP contribution in [0.25, 0.3) is 0 Å². The number of hydrogen-bond donors (Lipinski definition) is 0. The van der Waals surface area contributed by atoms with Gasteiger partial charge in [0.1, 0.15) is 13.2 Å². The number of unbranched alkanes of at least 4 members (excludes halogenated alkanes) is 28. The second-order valence-corrected chi connectivity index (χ2v) is 17.4. The van der Waals surface area contributed by atoms with E-state index >= 15 is 0 Å². The van der Waals surface area contributed by atoms with Gasteiger partial charge in [0.2, 0.25) is 0 Å². The fourth-order valence-electron chi connectivity index (χ4n) is 7.34. The zero-order valence-electron chi connectivity index (χ0n) is 40.4. The van der Waals surface area contributed by atoms with Gasteiger partial charge in [0.05, 0.1) is 0 Å². The van der Waals surface area contributed by atoms with E-state index in [0.29, 0.717) is 19.3 Å². The van der Waals surface area contributed by atoms with E-state index in [4.69, 9.17) is 14.2 Å². The molecule has 0 saturated heterocycles. The van der Waals surface area contributed by atoms with Crippen molar-refractivity contribution in [1.29, 1.82) is 0 Å². The third kappa shape index (κ3) is 48.3. The van der Waals surface area contributed by atoms with Gasteiger partial charge in [0.15, 0.2) is 6.10 Å². The Bertz CT molecular complexity index is 1070. The van der Waals surface area contributed by atoms with E-state index in [-0.39, 0.29) is 31.1 Å². The molecule has 0 aromatic rings. The van der Waals surface area contributed by atoms with Crippen LogP contribution in [0.4, 0.5) is 0 Å². The fourth-order valence-corrected chi connectivity index (χ4v) is 7.34. The van der Waals surface area contributed by atoms with E-state index in [2.05, 4.69) is 69.4 Å². The number of carbonyl (C=O) groups is 3. The van der Waals surface area contributed by atoms with Gasteiger partial charge in [-0.3, -0.25) is 14.4 Å². The molecule has 1 unspecified atom stereocenters. The first kappa shape index (κ1) is 58.4. The topological polar surface area (TPSA) is 78.9 Å². The second-order valence-electron chi connectivity index (χ2n) is 17.4. The Kier molecular flexibility index (Phi) is 47.9. The minimum atomic E-state index is -0.783. The van der Waals surface area contributed by atoms with Crippen LogP contribution in [0, 0.1) is 0 Å². The summed E-state index contributed by atoms with van der Waals surface area (Å²) >= 11 is 0. The predicted octanol–water partition coefficient (Wildman–Crippen LogP) is 17.1. The Morgan fingerprint density at radius 1 is 0.328 bits per heavy atom. The Balaban J connectivity index is 4.36. The normalized spacial score (nSPS) is 12.4. The number of esters is 3. The molecule has 0 aromatic heterocycles. The number of hydrogen-bond acceptors (Lipinski definition) is 6. The molecular weight excluding hydrogens is 757 g/mol. The van der Waals surface area contributed by atoms with Gasteiger partial charge in [0.25, 0.3) is 0 Å². The average molecular weight is 855 g/mol. The maximum absolute atomic E-state index is 12.8. The van der Waals surface area contributed by atoms with Crippen LogP contribution in [0.15, 0.2) is 48.6 Å². The molecule has 0 N–H and O–H groups in total. The fraction of sp³-hybridized carbons (Fsp3) is 0.800. The molecule has 0 heterocycles. The van der Waals surface area contributed by atoms with Crippen LogP contribution < -0.4 is 0 Å². The van der Waals surface area contributed by atoms with Gasteiger partial charge in [-0.25, -0.2) is 0 Å². The van der Waals surface area contributed by atoms with Crippen LogP contribution in [0.1, 0.15) is 265 Å². The average Bonchev–Trinajstić information content (AvgIpc) is 3.26. The van der Waals surface area contributed by atoms with Crippen molar-refractivity contribution in [3.8, 4) is 0 Å². The predicted molar refractivity (Wildman–Crippen MR) is 261 cm³/mol. The van der Waals surface area contributed by atoms with Crippen molar-refractivity contribution in [3.63, 3.8) is 0 Å². The monoisotopic (exact) mass is 855 g/mol. The molecule has 0 radical (unpaired) electrons. The van der Waals surface area contributed by atoms with Crippen LogP contribution in [0.3, 0.4) is 0 Å². The van der Waals surface area contributed by atoms with Crippen molar-refractivity contribution < 1.29 is 28.6 Å². The van der Waals surface area contributed by atoms with Crippen LogP contribution in [0.2, 0.25) is 0 Å². The molecule has 6 heteroatoms. The van der Waals surface area contributed by atoms with Crippen LogP contribution in [0.5, 0.6) is 0 Å².